The molecule has 11 aromatic carbocycles. The third-order valence-corrected chi connectivity index (χ3v) is 22.7. The number of thiophene rings is 1. The van der Waals surface area contributed by atoms with Crippen molar-refractivity contribution in [1.29, 1.82) is 0 Å². The van der Waals surface area contributed by atoms with Crippen LogP contribution in [0.5, 0.6) is 0 Å². The first-order chi connectivity index (χ1) is 45.3. The molecule has 0 spiro atoms. The zero-order chi connectivity index (χ0) is 67.0. The molecule has 0 aliphatic carbocycles. The Morgan fingerprint density at radius 3 is 1.10 bits per heavy atom. The third-order valence-electron chi connectivity index (χ3n) is 21.5. The third kappa shape index (κ3) is 9.24. The summed E-state index contributed by atoms with van der Waals surface area (Å²) < 4.78 is 10.5. The lowest BCUT2D eigenvalue weighted by molar-refractivity contribution is 0.568. The van der Waals surface area contributed by atoms with Gasteiger partial charge in [-0.05, 0) is 190 Å². The van der Waals surface area contributed by atoms with E-state index in [-0.39, 0.29) is 32.5 Å². The van der Waals surface area contributed by atoms with Gasteiger partial charge in [0.1, 0.15) is 0 Å². The van der Waals surface area contributed by atoms with Gasteiger partial charge in [-0.2, -0.15) is 0 Å². The minimum absolute atomic E-state index is 0.0286. The van der Waals surface area contributed by atoms with Gasteiger partial charge in [0.15, 0.2) is 0 Å². The van der Waals surface area contributed by atoms with E-state index in [2.05, 4.69) is 338 Å². The fraction of sp³-hybridized carbons (Fsp3) is 0.261. The predicted octanol–water partition coefficient (Wildman–Crippen LogP) is 26.8. The maximum absolute atomic E-state index is 2.71. The lowest BCUT2D eigenvalue weighted by Gasteiger charge is -2.26. The predicted molar refractivity (Wildman–Crippen MR) is 419 cm³/mol. The molecule has 4 heteroatoms. The van der Waals surface area contributed by atoms with Gasteiger partial charge in [-0.25, -0.2) is 0 Å². The highest BCUT2D eigenvalue weighted by Crippen LogP contribution is 2.53. The van der Waals surface area contributed by atoms with Crippen molar-refractivity contribution in [3.05, 3.63) is 234 Å². The van der Waals surface area contributed by atoms with Crippen molar-refractivity contribution in [1.82, 2.24) is 13.4 Å². The van der Waals surface area contributed by atoms with Crippen molar-refractivity contribution < 1.29 is 0 Å². The molecular weight excluding hydrogens is 1180 g/mol. The molecule has 6 aromatic heterocycles. The van der Waals surface area contributed by atoms with E-state index in [4.69, 9.17) is 0 Å². The monoisotopic (exact) mass is 1270 g/mol. The lowest BCUT2D eigenvalue weighted by Crippen LogP contribution is -2.16. The van der Waals surface area contributed by atoms with Gasteiger partial charge in [-0.15, -0.1) is 11.3 Å². The zero-order valence-corrected chi connectivity index (χ0v) is 60.1. The summed E-state index contributed by atoms with van der Waals surface area (Å²) in [6.45, 7) is 42.5. The molecule has 0 radical (unpaired) electrons. The molecule has 0 bridgehead atoms. The molecule has 0 saturated heterocycles. The van der Waals surface area contributed by atoms with Crippen molar-refractivity contribution in [2.75, 3.05) is 0 Å². The number of hydrogen-bond donors (Lipinski definition) is 0. The number of aromatic nitrogens is 3. The Hall–Kier alpha value is -9.22. The summed E-state index contributed by atoms with van der Waals surface area (Å²) >= 11 is 1.94. The molecule has 0 amide bonds. The first kappa shape index (κ1) is 60.4. The van der Waals surface area contributed by atoms with Gasteiger partial charge in [0.05, 0.1) is 48.8 Å². The zero-order valence-electron chi connectivity index (χ0n) is 59.3. The van der Waals surface area contributed by atoms with Crippen molar-refractivity contribution in [3.63, 3.8) is 0 Å². The molecule has 0 aliphatic rings. The Labute approximate surface area is 569 Å². The smallest absolute Gasteiger partial charge is 0.0728 e. The van der Waals surface area contributed by atoms with Crippen LogP contribution in [0.4, 0.5) is 0 Å². The minimum atomic E-state index is -0.0698. The van der Waals surface area contributed by atoms with Crippen LogP contribution < -0.4 is 0 Å². The SMILES string of the molecule is CC(C)(C)c1cc(-c2cc(-c3ccc4c(c3)c3ccccc3n4-c3ccccc3)c3c(c2)c2cc(-c4cc(C(C)(C)C)cc(C(C)(C)C)c4)cc4c5cc6c7cc(-c8cc(C(C)(C)C)cc(C(C)(C)C)c8)cc8c9sc%10ccccc%10c9n(c6cc5n3c42)c78)cc(C(C)(C)C)c1. The number of rotatable bonds is 5. The summed E-state index contributed by atoms with van der Waals surface area (Å²) in [7, 11) is 0. The fourth-order valence-electron chi connectivity index (χ4n) is 15.8. The van der Waals surface area contributed by atoms with Crippen LogP contribution in [0, 0.1) is 0 Å². The molecule has 0 unspecified atom stereocenters. The van der Waals surface area contributed by atoms with Crippen LogP contribution in [-0.4, -0.2) is 13.4 Å². The van der Waals surface area contributed by atoms with Crippen molar-refractivity contribution in [3.8, 4) is 50.2 Å². The summed E-state index contributed by atoms with van der Waals surface area (Å²) in [6, 6.07) is 79.1. The topological polar surface area (TPSA) is 13.8 Å². The summed E-state index contributed by atoms with van der Waals surface area (Å²) in [4.78, 5) is 0. The van der Waals surface area contributed by atoms with Crippen molar-refractivity contribution >= 4 is 119 Å². The van der Waals surface area contributed by atoms with Crippen LogP contribution in [0.3, 0.4) is 0 Å². The van der Waals surface area contributed by atoms with Crippen LogP contribution in [-0.2, 0) is 32.5 Å². The molecule has 17 rings (SSSR count). The quantitative estimate of drug-likeness (QED) is 0.163. The first-order valence-electron chi connectivity index (χ1n) is 34.8. The van der Waals surface area contributed by atoms with Gasteiger partial charge in [0.25, 0.3) is 0 Å². The van der Waals surface area contributed by atoms with Gasteiger partial charge in [-0.3, -0.25) is 0 Å². The normalized spacial score (nSPS) is 13.5. The molecule has 0 atom stereocenters. The molecule has 3 nitrogen and oxygen atoms in total. The fourth-order valence-corrected chi connectivity index (χ4v) is 17.0. The van der Waals surface area contributed by atoms with Crippen LogP contribution in [0.15, 0.2) is 200 Å². The van der Waals surface area contributed by atoms with Crippen LogP contribution in [0.2, 0.25) is 0 Å². The Kier molecular flexibility index (Phi) is 12.7. The lowest BCUT2D eigenvalue weighted by atomic mass is 9.78. The number of hydrogen-bond acceptors (Lipinski definition) is 1. The average molecular weight is 1270 g/mol. The van der Waals surface area contributed by atoms with E-state index in [1.807, 2.05) is 11.3 Å². The molecular formula is C92H87N3S. The number of para-hydroxylation sites is 2. The number of nitrogens with zero attached hydrogens (tertiary/aromatic N) is 3. The second kappa shape index (κ2) is 20.2. The average Bonchev–Trinajstić information content (AvgIpc) is 1.51. The maximum Gasteiger partial charge on any atom is 0.0728 e. The highest BCUT2D eigenvalue weighted by molar-refractivity contribution is 7.26. The Morgan fingerprint density at radius 2 is 0.604 bits per heavy atom. The molecule has 0 aliphatic heterocycles. The van der Waals surface area contributed by atoms with E-state index < -0.39 is 0 Å². The second-order valence-electron chi connectivity index (χ2n) is 34.4. The largest absolute Gasteiger partial charge is 0.309 e. The minimum Gasteiger partial charge on any atom is -0.309 e. The first-order valence-corrected chi connectivity index (χ1v) is 35.6. The highest BCUT2D eigenvalue weighted by Gasteiger charge is 2.31. The molecule has 0 saturated carbocycles. The Morgan fingerprint density at radius 1 is 0.240 bits per heavy atom. The van der Waals surface area contributed by atoms with Crippen LogP contribution >= 0.6 is 11.3 Å². The van der Waals surface area contributed by atoms with E-state index in [9.17, 15) is 0 Å². The van der Waals surface area contributed by atoms with Gasteiger partial charge >= 0.3 is 0 Å². The van der Waals surface area contributed by atoms with Gasteiger partial charge in [0, 0.05) is 69.8 Å². The second-order valence-corrected chi connectivity index (χ2v) is 35.5. The van der Waals surface area contributed by atoms with E-state index >= 15 is 0 Å². The van der Waals surface area contributed by atoms with E-state index in [1.165, 1.54) is 185 Å². The molecule has 17 aromatic rings. The molecule has 0 fully saturated rings. The molecule has 96 heavy (non-hydrogen) atoms. The van der Waals surface area contributed by atoms with Crippen LogP contribution in [0.25, 0.3) is 158 Å². The van der Waals surface area contributed by atoms with Gasteiger partial charge in [-0.1, -0.05) is 240 Å². The summed E-state index contributed by atoms with van der Waals surface area (Å²) in [5, 5.41) is 12.8. The van der Waals surface area contributed by atoms with Gasteiger partial charge in [0.2, 0.25) is 0 Å². The van der Waals surface area contributed by atoms with Gasteiger partial charge < -0.3 is 13.4 Å². The number of benzene rings is 11. The summed E-state index contributed by atoms with van der Waals surface area (Å²) in [5.41, 5.74) is 28.8. The Bertz CT molecular complexity index is 6010. The Balaban J connectivity index is 1.06. The van der Waals surface area contributed by atoms with Crippen LogP contribution in [0.1, 0.15) is 158 Å². The number of fused-ring (bicyclic) bond motifs is 17. The van der Waals surface area contributed by atoms with Crippen molar-refractivity contribution in [2.24, 2.45) is 0 Å². The standard InChI is InChI=1S/C92H87N3S/c1-87(2,3)59-34-53(35-60(47-59)88(4,5)6)56-41-68(52-32-33-78-69(40-52)66-28-22-24-30-77(66)93(78)65-26-20-19-21-27-65)82-74(44-56)75-45-57(54-36-61(89(7,8)9)48-62(37-54)90(10,11)12)42-72-70-50-71-73-43-58(55-38-63(91(13,14)15)49-64(39-55)92(16,17)18)46-76-84(73)95(80(71)51-79(70)94(82)83(72)75)85-67-29-23-25-31-81(67)96-86(76)85/h19-51H,1-18H3. The maximum atomic E-state index is 2.71. The molecule has 476 valence electrons. The molecule has 0 N–H and O–H groups in total. The highest BCUT2D eigenvalue weighted by atomic mass is 32.1. The van der Waals surface area contributed by atoms with E-state index in [0.29, 0.717) is 0 Å². The van der Waals surface area contributed by atoms with E-state index in [0.717, 1.165) is 5.69 Å². The van der Waals surface area contributed by atoms with E-state index in [1.54, 1.807) is 0 Å². The summed E-state index contributed by atoms with van der Waals surface area (Å²) in [5.74, 6) is 0. The summed E-state index contributed by atoms with van der Waals surface area (Å²) in [6.07, 6.45) is 0. The molecule has 6 heterocycles. The van der Waals surface area contributed by atoms with Crippen molar-refractivity contribution in [2.45, 2.75) is 157 Å².